The van der Waals surface area contributed by atoms with Crippen molar-refractivity contribution in [3.8, 4) is 5.75 Å². The number of hydrogen-bond acceptors (Lipinski definition) is 3. The Labute approximate surface area is 98.5 Å². The smallest absolute Gasteiger partial charge is 0.203 e. The molecule has 0 spiro atoms. The largest absolute Gasteiger partial charge is 0.496 e. The maximum absolute atomic E-state index is 12.2. The van der Waals surface area contributed by atoms with E-state index in [9.17, 15) is 4.79 Å². The van der Waals surface area contributed by atoms with E-state index in [4.69, 9.17) is 4.74 Å². The minimum absolute atomic E-state index is 0.0615. The fraction of sp³-hybridized carbons (Fsp3) is 0.154. The molecule has 2 nitrogen and oxygen atoms in total. The van der Waals surface area contributed by atoms with Crippen LogP contribution < -0.4 is 4.74 Å². The second-order valence-corrected chi connectivity index (χ2v) is 4.39. The van der Waals surface area contributed by atoms with Crippen LogP contribution in [0.2, 0.25) is 0 Å². The van der Waals surface area contributed by atoms with E-state index >= 15 is 0 Å². The van der Waals surface area contributed by atoms with Crippen molar-refractivity contribution in [3.63, 3.8) is 0 Å². The lowest BCUT2D eigenvalue weighted by atomic mass is 10.0. The molecule has 0 amide bonds. The van der Waals surface area contributed by atoms with Crippen molar-refractivity contribution < 1.29 is 9.53 Å². The van der Waals surface area contributed by atoms with Crippen molar-refractivity contribution in [2.75, 3.05) is 7.11 Å². The summed E-state index contributed by atoms with van der Waals surface area (Å²) in [6.07, 6.45) is 0. The molecule has 0 aliphatic heterocycles. The summed E-state index contributed by atoms with van der Waals surface area (Å²) in [6.45, 7) is 1.90. The minimum atomic E-state index is 0.0615. The highest BCUT2D eigenvalue weighted by Gasteiger charge is 2.14. The number of carbonyl (C=O) groups is 1. The van der Waals surface area contributed by atoms with Gasteiger partial charge in [0.25, 0.3) is 0 Å². The van der Waals surface area contributed by atoms with Gasteiger partial charge in [0.2, 0.25) is 5.78 Å². The van der Waals surface area contributed by atoms with Crippen molar-refractivity contribution >= 4 is 17.1 Å². The average Bonchev–Trinajstić information content (AvgIpc) is 2.82. The van der Waals surface area contributed by atoms with Crippen molar-refractivity contribution in [2.24, 2.45) is 0 Å². The molecule has 3 heteroatoms. The molecule has 16 heavy (non-hydrogen) atoms. The first-order valence-electron chi connectivity index (χ1n) is 4.96. The number of ketones is 1. The van der Waals surface area contributed by atoms with Crippen LogP contribution >= 0.6 is 11.3 Å². The lowest BCUT2D eigenvalue weighted by Crippen LogP contribution is -2.02. The van der Waals surface area contributed by atoms with Gasteiger partial charge in [-0.15, -0.1) is 11.3 Å². The van der Waals surface area contributed by atoms with Gasteiger partial charge in [-0.05, 0) is 24.4 Å². The maximum atomic E-state index is 12.2. The van der Waals surface area contributed by atoms with Gasteiger partial charge in [-0.1, -0.05) is 18.2 Å². The first-order valence-corrected chi connectivity index (χ1v) is 5.84. The summed E-state index contributed by atoms with van der Waals surface area (Å²) in [7, 11) is 1.61. The molecule has 0 bridgehead atoms. The molecule has 2 rings (SSSR count). The highest BCUT2D eigenvalue weighted by atomic mass is 32.1. The Kier molecular flexibility index (Phi) is 3.06. The standard InChI is InChI=1S/C13H12O2S/c1-9-10(5-3-6-11(9)15-2)13(14)12-7-4-8-16-12/h3-8H,1-2H3. The van der Waals surface area contributed by atoms with Crippen LogP contribution in [0.1, 0.15) is 20.8 Å². The van der Waals surface area contributed by atoms with Crippen LogP contribution in [0, 0.1) is 6.92 Å². The Balaban J connectivity index is 2.45. The monoisotopic (exact) mass is 232 g/mol. The molecule has 1 aromatic carbocycles. The zero-order chi connectivity index (χ0) is 11.5. The van der Waals surface area contributed by atoms with E-state index in [0.29, 0.717) is 5.56 Å². The van der Waals surface area contributed by atoms with E-state index in [1.165, 1.54) is 11.3 Å². The fourth-order valence-electron chi connectivity index (χ4n) is 1.62. The normalized spacial score (nSPS) is 10.1. The first-order chi connectivity index (χ1) is 7.74. The van der Waals surface area contributed by atoms with Gasteiger partial charge in [0.15, 0.2) is 0 Å². The van der Waals surface area contributed by atoms with Gasteiger partial charge in [0.05, 0.1) is 12.0 Å². The molecule has 0 N–H and O–H groups in total. The van der Waals surface area contributed by atoms with E-state index in [1.807, 2.05) is 42.6 Å². The Hall–Kier alpha value is -1.61. The number of carbonyl (C=O) groups excluding carboxylic acids is 1. The van der Waals surface area contributed by atoms with Gasteiger partial charge in [-0.2, -0.15) is 0 Å². The second-order valence-electron chi connectivity index (χ2n) is 3.44. The number of methoxy groups -OCH3 is 1. The van der Waals surface area contributed by atoms with Gasteiger partial charge in [0.1, 0.15) is 5.75 Å². The van der Waals surface area contributed by atoms with Crippen molar-refractivity contribution in [1.82, 2.24) is 0 Å². The number of ether oxygens (including phenoxy) is 1. The van der Waals surface area contributed by atoms with Crippen LogP contribution in [0.15, 0.2) is 35.7 Å². The van der Waals surface area contributed by atoms with E-state index < -0.39 is 0 Å². The molecule has 2 aromatic rings. The third-order valence-electron chi connectivity index (χ3n) is 2.49. The number of rotatable bonds is 3. The average molecular weight is 232 g/mol. The van der Waals surface area contributed by atoms with Gasteiger partial charge < -0.3 is 4.74 Å². The van der Waals surface area contributed by atoms with Crippen LogP contribution in [0.5, 0.6) is 5.75 Å². The summed E-state index contributed by atoms with van der Waals surface area (Å²) < 4.78 is 5.20. The Morgan fingerprint density at radius 1 is 1.25 bits per heavy atom. The third kappa shape index (κ3) is 1.86. The zero-order valence-corrected chi connectivity index (χ0v) is 10.0. The van der Waals surface area contributed by atoms with Gasteiger partial charge >= 0.3 is 0 Å². The molecule has 0 aliphatic rings. The Morgan fingerprint density at radius 3 is 2.69 bits per heavy atom. The molecule has 0 atom stereocenters. The molecule has 82 valence electrons. The summed E-state index contributed by atoms with van der Waals surface area (Å²) in [6, 6.07) is 9.26. The van der Waals surface area contributed by atoms with Crippen molar-refractivity contribution in [1.29, 1.82) is 0 Å². The molecule has 1 heterocycles. The zero-order valence-electron chi connectivity index (χ0n) is 9.19. The van der Waals surface area contributed by atoms with Crippen molar-refractivity contribution in [2.45, 2.75) is 6.92 Å². The Morgan fingerprint density at radius 2 is 2.06 bits per heavy atom. The number of hydrogen-bond donors (Lipinski definition) is 0. The van der Waals surface area contributed by atoms with Crippen LogP contribution in [-0.2, 0) is 0 Å². The SMILES string of the molecule is COc1cccc(C(=O)c2cccs2)c1C. The predicted molar refractivity (Wildman–Crippen MR) is 65.5 cm³/mol. The van der Waals surface area contributed by atoms with Crippen LogP contribution in [-0.4, -0.2) is 12.9 Å². The summed E-state index contributed by atoms with van der Waals surface area (Å²) in [5.74, 6) is 0.814. The summed E-state index contributed by atoms with van der Waals surface area (Å²) in [5.41, 5.74) is 1.60. The number of benzene rings is 1. The minimum Gasteiger partial charge on any atom is -0.496 e. The molecule has 0 unspecified atom stereocenters. The fourth-order valence-corrected chi connectivity index (χ4v) is 2.30. The second kappa shape index (κ2) is 4.49. The van der Waals surface area contributed by atoms with E-state index in [2.05, 4.69) is 0 Å². The third-order valence-corrected chi connectivity index (χ3v) is 3.36. The van der Waals surface area contributed by atoms with Gasteiger partial charge in [0, 0.05) is 11.1 Å². The van der Waals surface area contributed by atoms with E-state index in [1.54, 1.807) is 7.11 Å². The number of thiophene rings is 1. The van der Waals surface area contributed by atoms with Crippen LogP contribution in [0.25, 0.3) is 0 Å². The summed E-state index contributed by atoms with van der Waals surface area (Å²) >= 11 is 1.46. The Bertz CT molecular complexity index is 501. The predicted octanol–water partition coefficient (Wildman–Crippen LogP) is 3.30. The van der Waals surface area contributed by atoms with E-state index in [-0.39, 0.29) is 5.78 Å². The molecule has 0 radical (unpaired) electrons. The maximum Gasteiger partial charge on any atom is 0.203 e. The van der Waals surface area contributed by atoms with Gasteiger partial charge in [-0.3, -0.25) is 4.79 Å². The summed E-state index contributed by atoms with van der Waals surface area (Å²) in [5, 5.41) is 1.91. The van der Waals surface area contributed by atoms with Gasteiger partial charge in [-0.25, -0.2) is 0 Å². The quantitative estimate of drug-likeness (QED) is 0.759. The molecular formula is C13H12O2S. The molecule has 0 fully saturated rings. The first kappa shape index (κ1) is 10.9. The molecular weight excluding hydrogens is 220 g/mol. The highest BCUT2D eigenvalue weighted by molar-refractivity contribution is 7.12. The molecule has 0 saturated carbocycles. The topological polar surface area (TPSA) is 26.3 Å². The van der Waals surface area contributed by atoms with Crippen molar-refractivity contribution in [3.05, 3.63) is 51.7 Å². The van der Waals surface area contributed by atoms with Crippen LogP contribution in [0.4, 0.5) is 0 Å². The summed E-state index contributed by atoms with van der Waals surface area (Å²) in [4.78, 5) is 12.9. The molecule has 1 aromatic heterocycles. The molecule has 0 saturated heterocycles. The lowest BCUT2D eigenvalue weighted by Gasteiger charge is -2.08. The lowest BCUT2D eigenvalue weighted by molar-refractivity contribution is 0.104. The van der Waals surface area contributed by atoms with E-state index in [0.717, 1.165) is 16.2 Å². The molecule has 0 aliphatic carbocycles. The van der Waals surface area contributed by atoms with Crippen LogP contribution in [0.3, 0.4) is 0 Å². The highest BCUT2D eigenvalue weighted by Crippen LogP contribution is 2.24.